The van der Waals surface area contributed by atoms with E-state index in [0.29, 0.717) is 24.2 Å². The van der Waals surface area contributed by atoms with Crippen molar-refractivity contribution in [1.82, 2.24) is 15.6 Å². The number of amides is 1. The quantitative estimate of drug-likeness (QED) is 0.835. The third-order valence-corrected chi connectivity index (χ3v) is 4.31. The van der Waals surface area contributed by atoms with Crippen molar-refractivity contribution in [3.63, 3.8) is 0 Å². The minimum atomic E-state index is -0.372. The van der Waals surface area contributed by atoms with E-state index in [9.17, 15) is 9.18 Å². The average Bonchev–Trinajstić information content (AvgIpc) is 2.61. The number of halogens is 2. The van der Waals surface area contributed by atoms with Gasteiger partial charge in [-0.3, -0.25) is 4.79 Å². The van der Waals surface area contributed by atoms with Crippen LogP contribution in [0.25, 0.3) is 0 Å². The van der Waals surface area contributed by atoms with E-state index < -0.39 is 0 Å². The molecule has 26 heavy (non-hydrogen) atoms. The Morgan fingerprint density at radius 2 is 2.23 bits per heavy atom. The van der Waals surface area contributed by atoms with E-state index in [-0.39, 0.29) is 30.0 Å². The van der Waals surface area contributed by atoms with E-state index in [1.54, 1.807) is 24.4 Å². The first-order valence-corrected chi connectivity index (χ1v) is 8.50. The first-order valence-electron chi connectivity index (χ1n) is 8.50. The Morgan fingerprint density at radius 3 is 3.00 bits per heavy atom. The number of hydrogen-bond donors (Lipinski definition) is 2. The van der Waals surface area contributed by atoms with Gasteiger partial charge >= 0.3 is 0 Å². The Hall–Kier alpha value is -2.18. The molecular weight excluding hydrogens is 357 g/mol. The summed E-state index contributed by atoms with van der Waals surface area (Å²) in [6, 6.07) is 9.87. The molecule has 1 aliphatic rings. The molecule has 140 valence electrons. The van der Waals surface area contributed by atoms with Crippen LogP contribution in [0.15, 0.2) is 42.6 Å². The van der Waals surface area contributed by atoms with Crippen molar-refractivity contribution < 1.29 is 13.9 Å². The van der Waals surface area contributed by atoms with Crippen LogP contribution < -0.4 is 15.4 Å². The molecule has 1 amide bonds. The summed E-state index contributed by atoms with van der Waals surface area (Å²) in [5.41, 5.74) is 0.752. The van der Waals surface area contributed by atoms with Gasteiger partial charge in [0.1, 0.15) is 11.6 Å². The number of hydrogen-bond acceptors (Lipinski definition) is 4. The maximum Gasteiger partial charge on any atom is 0.224 e. The lowest BCUT2D eigenvalue weighted by molar-refractivity contribution is -0.126. The van der Waals surface area contributed by atoms with Crippen molar-refractivity contribution in [3.8, 4) is 11.6 Å². The summed E-state index contributed by atoms with van der Waals surface area (Å²) in [5, 5.41) is 6.31. The molecule has 0 saturated carbocycles. The number of nitrogens with zero attached hydrogens (tertiary/aromatic N) is 1. The minimum Gasteiger partial charge on any atom is -0.439 e. The van der Waals surface area contributed by atoms with Gasteiger partial charge in [-0.1, -0.05) is 12.1 Å². The molecule has 0 bridgehead atoms. The largest absolute Gasteiger partial charge is 0.439 e. The van der Waals surface area contributed by atoms with Gasteiger partial charge < -0.3 is 15.4 Å². The van der Waals surface area contributed by atoms with Crippen molar-refractivity contribution in [2.75, 3.05) is 6.54 Å². The average molecular weight is 380 g/mol. The molecule has 2 atom stereocenters. The topological polar surface area (TPSA) is 63.2 Å². The van der Waals surface area contributed by atoms with Gasteiger partial charge in [-0.05, 0) is 44.5 Å². The lowest BCUT2D eigenvalue weighted by Gasteiger charge is -2.27. The van der Waals surface area contributed by atoms with Gasteiger partial charge in [-0.25, -0.2) is 9.37 Å². The third-order valence-electron chi connectivity index (χ3n) is 4.31. The van der Waals surface area contributed by atoms with E-state index in [1.807, 2.05) is 6.07 Å². The molecule has 2 N–H and O–H groups in total. The smallest absolute Gasteiger partial charge is 0.224 e. The lowest BCUT2D eigenvalue weighted by atomic mass is 9.92. The summed E-state index contributed by atoms with van der Waals surface area (Å²) >= 11 is 0. The second-order valence-corrected chi connectivity index (χ2v) is 6.32. The van der Waals surface area contributed by atoms with Gasteiger partial charge in [0.25, 0.3) is 0 Å². The van der Waals surface area contributed by atoms with E-state index in [1.165, 1.54) is 12.1 Å². The highest BCUT2D eigenvalue weighted by molar-refractivity contribution is 5.85. The first-order chi connectivity index (χ1) is 12.1. The first kappa shape index (κ1) is 20.1. The number of benzene rings is 1. The Balaban J connectivity index is 0.00000243. The molecular formula is C19H23ClFN3O2. The van der Waals surface area contributed by atoms with Crippen LogP contribution >= 0.6 is 12.4 Å². The van der Waals surface area contributed by atoms with E-state index in [2.05, 4.69) is 22.5 Å². The lowest BCUT2D eigenvalue weighted by Crippen LogP contribution is -2.42. The summed E-state index contributed by atoms with van der Waals surface area (Å²) in [5.74, 6) is 0.447. The van der Waals surface area contributed by atoms with Gasteiger partial charge in [-0.15, -0.1) is 12.4 Å². The highest BCUT2D eigenvalue weighted by atomic mass is 35.5. The molecule has 2 heterocycles. The van der Waals surface area contributed by atoms with Gasteiger partial charge in [-0.2, -0.15) is 0 Å². The summed E-state index contributed by atoms with van der Waals surface area (Å²) in [4.78, 5) is 16.6. The van der Waals surface area contributed by atoms with Crippen molar-refractivity contribution >= 4 is 18.3 Å². The number of nitrogens with one attached hydrogen (secondary N) is 2. The number of carbonyl (C=O) groups excluding carboxylic acids is 1. The molecule has 1 saturated heterocycles. The van der Waals surface area contributed by atoms with Gasteiger partial charge in [0, 0.05) is 36.3 Å². The zero-order valence-electron chi connectivity index (χ0n) is 14.6. The zero-order chi connectivity index (χ0) is 17.6. The monoisotopic (exact) mass is 379 g/mol. The summed E-state index contributed by atoms with van der Waals surface area (Å²) in [6.07, 6.45) is 3.29. The number of aromatic nitrogens is 1. The maximum atomic E-state index is 13.3. The molecule has 1 fully saturated rings. The fourth-order valence-corrected chi connectivity index (χ4v) is 2.99. The fourth-order valence-electron chi connectivity index (χ4n) is 2.99. The van der Waals surface area contributed by atoms with Crippen LogP contribution in [0.4, 0.5) is 4.39 Å². The van der Waals surface area contributed by atoms with Crippen LogP contribution in [-0.2, 0) is 11.3 Å². The molecule has 0 unspecified atom stereocenters. The van der Waals surface area contributed by atoms with Crippen LogP contribution in [0.5, 0.6) is 11.6 Å². The predicted octanol–water partition coefficient (Wildman–Crippen LogP) is 3.44. The summed E-state index contributed by atoms with van der Waals surface area (Å²) < 4.78 is 19.0. The number of rotatable bonds is 5. The van der Waals surface area contributed by atoms with Crippen molar-refractivity contribution in [1.29, 1.82) is 0 Å². The second-order valence-electron chi connectivity index (χ2n) is 6.32. The molecule has 0 radical (unpaired) electrons. The standard InChI is InChI=1S/C19H22FN3O2.ClH/c1-13-10-14(7-9-21-13)18(24)23-12-15-4-3-8-22-19(15)25-17-6-2-5-16(20)11-17;/h2-6,8,11,13-14,21H,7,9-10,12H2,1H3,(H,23,24);1H/t13-,14-;/m0./s1. The number of piperidine rings is 1. The Kier molecular flexibility index (Phi) is 7.36. The number of pyridine rings is 1. The minimum absolute atomic E-state index is 0. The number of ether oxygens (including phenoxy) is 1. The fraction of sp³-hybridized carbons (Fsp3) is 0.368. The Labute approximate surface area is 158 Å². The third kappa shape index (κ3) is 5.41. The van der Waals surface area contributed by atoms with E-state index in [4.69, 9.17) is 4.74 Å². The molecule has 5 nitrogen and oxygen atoms in total. The summed E-state index contributed by atoms with van der Waals surface area (Å²) in [6.45, 7) is 3.28. The molecule has 0 spiro atoms. The molecule has 7 heteroatoms. The van der Waals surface area contributed by atoms with Crippen LogP contribution in [-0.4, -0.2) is 23.5 Å². The highest BCUT2D eigenvalue weighted by Crippen LogP contribution is 2.23. The van der Waals surface area contributed by atoms with E-state index >= 15 is 0 Å². The molecule has 1 aromatic carbocycles. The van der Waals surface area contributed by atoms with Crippen molar-refractivity contribution in [2.24, 2.45) is 5.92 Å². The van der Waals surface area contributed by atoms with Crippen LogP contribution in [0.3, 0.4) is 0 Å². The van der Waals surface area contributed by atoms with Crippen molar-refractivity contribution in [2.45, 2.75) is 32.4 Å². The zero-order valence-corrected chi connectivity index (χ0v) is 15.4. The molecule has 1 aromatic heterocycles. The predicted molar refractivity (Wildman–Crippen MR) is 100.0 cm³/mol. The van der Waals surface area contributed by atoms with Crippen LogP contribution in [0.2, 0.25) is 0 Å². The van der Waals surface area contributed by atoms with Gasteiger partial charge in [0.15, 0.2) is 0 Å². The Bertz CT molecular complexity index is 744. The normalized spacial score (nSPS) is 19.3. The maximum absolute atomic E-state index is 13.3. The Morgan fingerprint density at radius 1 is 1.38 bits per heavy atom. The number of carbonyl (C=O) groups is 1. The van der Waals surface area contributed by atoms with Gasteiger partial charge in [0.2, 0.25) is 11.8 Å². The van der Waals surface area contributed by atoms with Crippen molar-refractivity contribution in [3.05, 3.63) is 54.0 Å². The van der Waals surface area contributed by atoms with Crippen LogP contribution in [0, 0.1) is 11.7 Å². The van der Waals surface area contributed by atoms with Crippen LogP contribution in [0.1, 0.15) is 25.3 Å². The molecule has 3 rings (SSSR count). The molecule has 1 aliphatic heterocycles. The van der Waals surface area contributed by atoms with E-state index in [0.717, 1.165) is 24.9 Å². The summed E-state index contributed by atoms with van der Waals surface area (Å²) in [7, 11) is 0. The SMILES string of the molecule is C[C@H]1C[C@@H](C(=O)NCc2cccnc2Oc2cccc(F)c2)CCN1.Cl. The second kappa shape index (κ2) is 9.50. The van der Waals surface area contributed by atoms with Gasteiger partial charge in [0.05, 0.1) is 0 Å². The molecule has 0 aliphatic carbocycles. The highest BCUT2D eigenvalue weighted by Gasteiger charge is 2.24. The molecule has 2 aromatic rings.